The van der Waals surface area contributed by atoms with Gasteiger partial charge in [-0.15, -0.1) is 0 Å². The summed E-state index contributed by atoms with van der Waals surface area (Å²) >= 11 is 0. The van der Waals surface area contributed by atoms with E-state index in [0.29, 0.717) is 6.54 Å². The van der Waals surface area contributed by atoms with Crippen LogP contribution in [0.4, 0.5) is 0 Å². The van der Waals surface area contributed by atoms with Crippen molar-refractivity contribution in [2.24, 2.45) is 0 Å². The molecule has 0 aromatic rings. The quantitative estimate of drug-likeness (QED) is 0.351. The Kier molecular flexibility index (Phi) is 2.27. The van der Waals surface area contributed by atoms with E-state index in [2.05, 4.69) is 6.72 Å². The number of nitrogens with zero attached hydrogens (tertiary/aromatic N) is 1. The van der Waals surface area contributed by atoms with Crippen molar-refractivity contribution < 1.29 is 9.37 Å². The van der Waals surface area contributed by atoms with E-state index >= 15 is 0 Å². The van der Waals surface area contributed by atoms with Gasteiger partial charge >= 0.3 is 0 Å². The first-order chi connectivity index (χ1) is 3.13. The maximum Gasteiger partial charge on any atom is 0.199 e. The highest BCUT2D eigenvalue weighted by Crippen LogP contribution is 1.65. The van der Waals surface area contributed by atoms with E-state index in [-0.39, 0.29) is 5.78 Å². The zero-order valence-electron chi connectivity index (χ0n) is 4.77. The fourth-order valence-electron chi connectivity index (χ4n) is 0.380. The van der Waals surface area contributed by atoms with Crippen LogP contribution in [0.3, 0.4) is 0 Å². The van der Waals surface area contributed by atoms with Crippen molar-refractivity contribution in [3.63, 3.8) is 0 Å². The van der Waals surface area contributed by atoms with E-state index in [0.717, 1.165) is 0 Å². The monoisotopic (exact) mass is 100 g/mol. The van der Waals surface area contributed by atoms with E-state index in [4.69, 9.17) is 0 Å². The lowest BCUT2D eigenvalue weighted by Crippen LogP contribution is -2.11. The number of rotatable bonds is 2. The van der Waals surface area contributed by atoms with Crippen LogP contribution in [0.15, 0.2) is 0 Å². The Labute approximate surface area is 43.5 Å². The maximum absolute atomic E-state index is 10.2. The molecule has 0 N–H and O–H groups in total. The Balaban J connectivity index is 3.32. The van der Waals surface area contributed by atoms with Crippen molar-refractivity contribution in [2.45, 2.75) is 6.92 Å². The average molecular weight is 100 g/mol. The van der Waals surface area contributed by atoms with Crippen molar-refractivity contribution in [1.82, 2.24) is 0 Å². The summed E-state index contributed by atoms with van der Waals surface area (Å²) in [6.45, 7) is 5.48. The molecule has 0 rings (SSSR count). The average Bonchev–Trinajstić information content (AvgIpc) is 1.27. The molecule has 0 radical (unpaired) electrons. The molecule has 0 aromatic carbocycles. The fraction of sp³-hybridized carbons (Fsp3) is 0.600. The number of carbonyl (C=O) groups excluding carboxylic acids is 1. The summed E-state index contributed by atoms with van der Waals surface area (Å²) in [5.41, 5.74) is 0. The zero-order chi connectivity index (χ0) is 5.86. The normalized spacial score (nSPS) is 8.29. The fourth-order valence-corrected chi connectivity index (χ4v) is 0.380. The van der Waals surface area contributed by atoms with Crippen molar-refractivity contribution in [3.05, 3.63) is 0 Å². The number of hydrogen-bond donors (Lipinski definition) is 0. The Morgan fingerprint density at radius 1 is 1.86 bits per heavy atom. The molecular weight excluding hydrogens is 90.1 g/mol. The molecule has 0 aliphatic rings. The molecule has 7 heavy (non-hydrogen) atoms. The molecular formula is C5H10NO+. The number of hydrogen-bond acceptors (Lipinski definition) is 1. The van der Waals surface area contributed by atoms with Gasteiger partial charge in [0.15, 0.2) is 12.3 Å². The SMILES string of the molecule is C=[N+](C)CC(C)=O. The maximum atomic E-state index is 10.2. The minimum Gasteiger partial charge on any atom is -0.293 e. The third kappa shape index (κ3) is 5.34. The van der Waals surface area contributed by atoms with Gasteiger partial charge in [-0.3, -0.25) is 4.79 Å². The van der Waals surface area contributed by atoms with E-state index in [9.17, 15) is 4.79 Å². The van der Waals surface area contributed by atoms with Gasteiger partial charge in [-0.1, -0.05) is 0 Å². The second-order valence-corrected chi connectivity index (χ2v) is 1.72. The summed E-state index contributed by atoms with van der Waals surface area (Å²) in [4.78, 5) is 10.2. The number of ketones is 1. The van der Waals surface area contributed by atoms with E-state index in [1.54, 1.807) is 18.5 Å². The van der Waals surface area contributed by atoms with Gasteiger partial charge in [0, 0.05) is 6.92 Å². The van der Waals surface area contributed by atoms with Crippen LogP contribution >= 0.6 is 0 Å². The topological polar surface area (TPSA) is 20.1 Å². The molecule has 2 nitrogen and oxygen atoms in total. The van der Waals surface area contributed by atoms with Crippen LogP contribution in [0.2, 0.25) is 0 Å². The van der Waals surface area contributed by atoms with E-state index in [1.807, 2.05) is 0 Å². The molecule has 0 fully saturated rings. The first-order valence-electron chi connectivity index (χ1n) is 2.14. The van der Waals surface area contributed by atoms with Crippen molar-refractivity contribution in [1.29, 1.82) is 0 Å². The highest BCUT2D eigenvalue weighted by Gasteiger charge is 1.94. The minimum absolute atomic E-state index is 0.150. The van der Waals surface area contributed by atoms with Gasteiger partial charge in [0.1, 0.15) is 13.8 Å². The van der Waals surface area contributed by atoms with Gasteiger partial charge in [0.25, 0.3) is 0 Å². The van der Waals surface area contributed by atoms with Gasteiger partial charge in [-0.25, -0.2) is 4.58 Å². The van der Waals surface area contributed by atoms with Crippen molar-refractivity contribution in [3.8, 4) is 0 Å². The highest BCUT2D eigenvalue weighted by molar-refractivity contribution is 5.76. The molecule has 0 aromatic heterocycles. The molecule has 0 saturated carbocycles. The third-order valence-corrected chi connectivity index (χ3v) is 0.493. The highest BCUT2D eigenvalue weighted by atomic mass is 16.1. The van der Waals surface area contributed by atoms with Crippen LogP contribution in [0.1, 0.15) is 6.92 Å². The van der Waals surface area contributed by atoms with Crippen LogP contribution < -0.4 is 0 Å². The summed E-state index contributed by atoms with van der Waals surface area (Å²) in [6.07, 6.45) is 0. The second kappa shape index (κ2) is 2.50. The smallest absolute Gasteiger partial charge is 0.199 e. The van der Waals surface area contributed by atoms with Crippen LogP contribution in [0.5, 0.6) is 0 Å². The lowest BCUT2D eigenvalue weighted by atomic mass is 10.4. The standard InChI is InChI=1S/C5H10NO/c1-5(7)4-6(2)3/h2,4H2,1,3H3/q+1. The van der Waals surface area contributed by atoms with Gasteiger partial charge in [0.2, 0.25) is 0 Å². The molecule has 0 unspecified atom stereocenters. The van der Waals surface area contributed by atoms with E-state index < -0.39 is 0 Å². The zero-order valence-corrected chi connectivity index (χ0v) is 4.77. The molecule has 0 spiro atoms. The lowest BCUT2D eigenvalue weighted by Gasteiger charge is -1.84. The summed E-state index contributed by atoms with van der Waals surface area (Å²) in [5, 5.41) is 0. The van der Waals surface area contributed by atoms with Gasteiger partial charge in [-0.05, 0) is 0 Å². The predicted molar refractivity (Wildman–Crippen MR) is 28.9 cm³/mol. The van der Waals surface area contributed by atoms with Crippen molar-refractivity contribution >= 4 is 12.5 Å². The number of carbonyl (C=O) groups is 1. The second-order valence-electron chi connectivity index (χ2n) is 1.72. The Morgan fingerprint density at radius 3 is 2.29 bits per heavy atom. The number of Topliss-reactive ketones (excluding diaryl/α,β-unsaturated/α-hetero) is 1. The molecule has 0 amide bonds. The summed E-state index contributed by atoms with van der Waals surface area (Å²) in [5.74, 6) is 0.150. The van der Waals surface area contributed by atoms with Crippen LogP contribution in [0.25, 0.3) is 0 Å². The Bertz CT molecular complexity index is 84.3. The molecule has 2 heteroatoms. The first kappa shape index (κ1) is 6.34. The lowest BCUT2D eigenvalue weighted by molar-refractivity contribution is -0.475. The molecule has 0 atom stereocenters. The largest absolute Gasteiger partial charge is 0.293 e. The Hall–Kier alpha value is -0.660. The van der Waals surface area contributed by atoms with Gasteiger partial charge in [0.05, 0.1) is 0 Å². The molecule has 0 aliphatic carbocycles. The molecule has 0 saturated heterocycles. The molecule has 40 valence electrons. The summed E-state index contributed by atoms with van der Waals surface area (Å²) in [6, 6.07) is 0. The van der Waals surface area contributed by atoms with Crippen LogP contribution in [-0.2, 0) is 4.79 Å². The molecule has 0 heterocycles. The van der Waals surface area contributed by atoms with Crippen molar-refractivity contribution in [2.75, 3.05) is 13.6 Å². The third-order valence-electron chi connectivity index (χ3n) is 0.493. The molecule has 0 aliphatic heterocycles. The molecule has 0 bridgehead atoms. The first-order valence-corrected chi connectivity index (χ1v) is 2.14. The summed E-state index contributed by atoms with van der Waals surface area (Å²) in [7, 11) is 1.77. The van der Waals surface area contributed by atoms with Crippen LogP contribution in [-0.4, -0.2) is 30.7 Å². The predicted octanol–water partition coefficient (Wildman–Crippen LogP) is -0.0817. The minimum atomic E-state index is 0.150. The number of likely N-dealkylation sites (N-methyl/N-ethyl adjacent to an activating group) is 1. The Morgan fingerprint density at radius 2 is 2.29 bits per heavy atom. The van der Waals surface area contributed by atoms with Crippen LogP contribution in [0, 0.1) is 0 Å². The van der Waals surface area contributed by atoms with E-state index in [1.165, 1.54) is 0 Å². The van der Waals surface area contributed by atoms with Gasteiger partial charge < -0.3 is 0 Å². The van der Waals surface area contributed by atoms with Gasteiger partial charge in [-0.2, -0.15) is 0 Å². The summed E-state index contributed by atoms with van der Waals surface area (Å²) < 4.78 is 1.60.